The molecule has 1 aromatic carbocycles. The predicted molar refractivity (Wildman–Crippen MR) is 91.2 cm³/mol. The first kappa shape index (κ1) is 17.6. The van der Waals surface area contributed by atoms with Crippen LogP contribution >= 0.6 is 0 Å². The van der Waals surface area contributed by atoms with Crippen LogP contribution in [0.1, 0.15) is 31.7 Å². The number of benzene rings is 1. The third-order valence-electron chi connectivity index (χ3n) is 5.26. The van der Waals surface area contributed by atoms with E-state index in [-0.39, 0.29) is 41.0 Å². The molecule has 1 heterocycles. The highest BCUT2D eigenvalue weighted by molar-refractivity contribution is 5.78. The van der Waals surface area contributed by atoms with Gasteiger partial charge in [0.15, 0.2) is 0 Å². The molecule has 1 aliphatic heterocycles. The second kappa shape index (κ2) is 6.58. The molecule has 0 radical (unpaired) electrons. The summed E-state index contributed by atoms with van der Waals surface area (Å²) in [5.41, 5.74) is 0.614. The van der Waals surface area contributed by atoms with Gasteiger partial charge in [-0.2, -0.15) is 0 Å². The van der Waals surface area contributed by atoms with E-state index in [9.17, 15) is 14.7 Å². The van der Waals surface area contributed by atoms with Gasteiger partial charge in [-0.05, 0) is 30.0 Å². The molecule has 1 saturated heterocycles. The fourth-order valence-corrected chi connectivity index (χ4v) is 3.92. The Kier molecular flexibility index (Phi) is 4.62. The van der Waals surface area contributed by atoms with Gasteiger partial charge < -0.3 is 19.5 Å². The van der Waals surface area contributed by atoms with Gasteiger partial charge in [-0.25, -0.2) is 4.79 Å². The number of amides is 1. The molecule has 6 heteroatoms. The third kappa shape index (κ3) is 3.30. The molecule has 6 nitrogen and oxygen atoms in total. The number of methoxy groups -OCH3 is 1. The highest BCUT2D eigenvalue weighted by atomic mass is 16.6. The number of hydrogen-bond donors (Lipinski definition) is 1. The Morgan fingerprint density at radius 1 is 1.40 bits per heavy atom. The van der Waals surface area contributed by atoms with Crippen LogP contribution in [0.4, 0.5) is 4.79 Å². The van der Waals surface area contributed by atoms with Crippen LogP contribution in [0.2, 0.25) is 0 Å². The van der Waals surface area contributed by atoms with Crippen LogP contribution < -0.4 is 0 Å². The first-order valence-corrected chi connectivity index (χ1v) is 8.66. The number of phenolic OH excluding ortho intramolecular Hbond substituents is 1. The molecule has 3 unspecified atom stereocenters. The lowest BCUT2D eigenvalue weighted by Crippen LogP contribution is -2.31. The number of likely N-dealkylation sites (tertiary alicyclic amines) is 1. The average Bonchev–Trinajstić information content (AvgIpc) is 3.16. The van der Waals surface area contributed by atoms with Gasteiger partial charge in [0, 0.05) is 24.4 Å². The molecule has 1 saturated carbocycles. The number of phenols is 1. The van der Waals surface area contributed by atoms with Crippen LogP contribution in [0.25, 0.3) is 0 Å². The number of rotatable bonds is 4. The van der Waals surface area contributed by atoms with E-state index in [0.717, 1.165) is 5.56 Å². The summed E-state index contributed by atoms with van der Waals surface area (Å²) >= 11 is 0. The third-order valence-corrected chi connectivity index (χ3v) is 5.26. The van der Waals surface area contributed by atoms with Crippen LogP contribution in [0, 0.1) is 17.3 Å². The van der Waals surface area contributed by atoms with Crippen LogP contribution in [-0.4, -0.2) is 48.9 Å². The molecule has 1 amide bonds. The minimum Gasteiger partial charge on any atom is -0.508 e. The summed E-state index contributed by atoms with van der Waals surface area (Å²) in [6, 6.07) is 7.04. The maximum Gasteiger partial charge on any atom is 0.409 e. The lowest BCUT2D eigenvalue weighted by Gasteiger charge is -2.18. The first-order valence-electron chi connectivity index (χ1n) is 8.66. The molecular formula is C19H25NO5. The fourth-order valence-electron chi connectivity index (χ4n) is 3.92. The summed E-state index contributed by atoms with van der Waals surface area (Å²) < 4.78 is 10.3. The lowest BCUT2D eigenvalue weighted by atomic mass is 9.84. The van der Waals surface area contributed by atoms with Crippen LogP contribution in [0.15, 0.2) is 24.3 Å². The van der Waals surface area contributed by atoms with Crippen molar-refractivity contribution in [1.82, 2.24) is 4.90 Å². The number of nitrogens with zero attached hydrogens (tertiary/aromatic N) is 1. The molecule has 1 aliphatic carbocycles. The molecule has 3 atom stereocenters. The summed E-state index contributed by atoms with van der Waals surface area (Å²) in [5, 5.41) is 9.81. The minimum absolute atomic E-state index is 0.0182. The van der Waals surface area contributed by atoms with E-state index < -0.39 is 0 Å². The fraction of sp³-hybridized carbons (Fsp3) is 0.579. The van der Waals surface area contributed by atoms with Crippen molar-refractivity contribution in [2.75, 3.05) is 26.8 Å². The van der Waals surface area contributed by atoms with Crippen molar-refractivity contribution in [1.29, 1.82) is 0 Å². The topological polar surface area (TPSA) is 76.1 Å². The highest BCUT2D eigenvalue weighted by Crippen LogP contribution is 2.65. The Morgan fingerprint density at radius 3 is 2.80 bits per heavy atom. The molecule has 1 spiro atoms. The quantitative estimate of drug-likeness (QED) is 0.848. The first-order chi connectivity index (χ1) is 11.9. The SMILES string of the molecule is COC(=O)C1CC12CN(C(=O)OCC(C)C)CC2c1cccc(O)c1. The van der Waals surface area contributed by atoms with Gasteiger partial charge in [-0.1, -0.05) is 26.0 Å². The maximum absolute atomic E-state index is 12.4. The van der Waals surface area contributed by atoms with Crippen molar-refractivity contribution in [3.05, 3.63) is 29.8 Å². The Labute approximate surface area is 147 Å². The predicted octanol–water partition coefficient (Wildman–Crippen LogP) is 2.76. The number of ether oxygens (including phenoxy) is 2. The normalized spacial score (nSPS) is 27.6. The van der Waals surface area contributed by atoms with Crippen LogP contribution in [0.3, 0.4) is 0 Å². The maximum atomic E-state index is 12.4. The molecule has 3 rings (SSSR count). The van der Waals surface area contributed by atoms with E-state index in [2.05, 4.69) is 0 Å². The monoisotopic (exact) mass is 347 g/mol. The van der Waals surface area contributed by atoms with Gasteiger partial charge in [-0.15, -0.1) is 0 Å². The summed E-state index contributed by atoms with van der Waals surface area (Å²) in [6.07, 6.45) is 0.347. The molecule has 0 bridgehead atoms. The van der Waals surface area contributed by atoms with E-state index in [4.69, 9.17) is 9.47 Å². The van der Waals surface area contributed by atoms with Crippen molar-refractivity contribution < 1.29 is 24.2 Å². The molecule has 2 fully saturated rings. The van der Waals surface area contributed by atoms with Gasteiger partial charge in [0.2, 0.25) is 0 Å². The van der Waals surface area contributed by atoms with E-state index in [1.165, 1.54) is 7.11 Å². The number of hydrogen-bond acceptors (Lipinski definition) is 5. The largest absolute Gasteiger partial charge is 0.508 e. The second-order valence-electron chi connectivity index (χ2n) is 7.51. The van der Waals surface area contributed by atoms with Crippen molar-refractivity contribution in [2.45, 2.75) is 26.2 Å². The number of esters is 1. The molecule has 1 aromatic rings. The molecule has 1 N–H and O–H groups in total. The van der Waals surface area contributed by atoms with Gasteiger partial charge in [-0.3, -0.25) is 4.79 Å². The van der Waals surface area contributed by atoms with E-state index in [0.29, 0.717) is 26.1 Å². The van der Waals surface area contributed by atoms with Crippen molar-refractivity contribution in [2.24, 2.45) is 17.3 Å². The average molecular weight is 347 g/mol. The zero-order valence-corrected chi connectivity index (χ0v) is 14.9. The van der Waals surface area contributed by atoms with Crippen LogP contribution in [-0.2, 0) is 14.3 Å². The number of carbonyl (C=O) groups excluding carboxylic acids is 2. The zero-order valence-electron chi connectivity index (χ0n) is 14.9. The number of aromatic hydroxyl groups is 1. The van der Waals surface area contributed by atoms with Gasteiger partial charge in [0.25, 0.3) is 0 Å². The van der Waals surface area contributed by atoms with E-state index >= 15 is 0 Å². The summed E-state index contributed by atoms with van der Waals surface area (Å²) in [4.78, 5) is 26.1. The van der Waals surface area contributed by atoms with Gasteiger partial charge in [0.05, 0.1) is 19.6 Å². The van der Waals surface area contributed by atoms with Crippen molar-refractivity contribution in [3.63, 3.8) is 0 Å². The van der Waals surface area contributed by atoms with E-state index in [1.807, 2.05) is 19.9 Å². The van der Waals surface area contributed by atoms with Crippen molar-refractivity contribution in [3.8, 4) is 5.75 Å². The highest BCUT2D eigenvalue weighted by Gasteiger charge is 2.67. The van der Waals surface area contributed by atoms with Crippen LogP contribution in [0.5, 0.6) is 5.75 Å². The Balaban J connectivity index is 1.82. The molecule has 25 heavy (non-hydrogen) atoms. The Bertz CT molecular complexity index is 674. The summed E-state index contributed by atoms with van der Waals surface area (Å²) in [5.74, 6) is -0.0134. The minimum atomic E-state index is -0.341. The van der Waals surface area contributed by atoms with Gasteiger partial charge in [0.1, 0.15) is 5.75 Å². The summed E-state index contributed by atoms with van der Waals surface area (Å²) in [6.45, 7) is 5.31. The zero-order chi connectivity index (χ0) is 18.2. The summed E-state index contributed by atoms with van der Waals surface area (Å²) in [7, 11) is 1.39. The standard InChI is InChI=1S/C19H25NO5/c1-12(2)10-25-18(23)20-9-16(13-5-4-6-14(21)7-13)19(11-20)8-15(19)17(22)24-3/h4-7,12,15-16,21H,8-11H2,1-3H3. The molecule has 0 aromatic heterocycles. The Morgan fingerprint density at radius 2 is 2.16 bits per heavy atom. The lowest BCUT2D eigenvalue weighted by molar-refractivity contribution is -0.143. The smallest absolute Gasteiger partial charge is 0.409 e. The van der Waals surface area contributed by atoms with Gasteiger partial charge >= 0.3 is 12.1 Å². The van der Waals surface area contributed by atoms with Crippen molar-refractivity contribution >= 4 is 12.1 Å². The molecule has 2 aliphatic rings. The Hall–Kier alpha value is -2.24. The second-order valence-corrected chi connectivity index (χ2v) is 7.51. The molecular weight excluding hydrogens is 322 g/mol. The molecule has 136 valence electrons. The van der Waals surface area contributed by atoms with E-state index in [1.54, 1.807) is 23.1 Å². The number of carbonyl (C=O) groups is 2.